The smallest absolute Gasteiger partial charge is 0.413 e. The Kier molecular flexibility index (Phi) is 5.32. The van der Waals surface area contributed by atoms with Crippen LogP contribution in [-0.4, -0.2) is 38.5 Å². The maximum absolute atomic E-state index is 11.6. The first-order chi connectivity index (χ1) is 9.21. The number of nitrogens with one attached hydrogen (secondary N) is 1. The lowest BCUT2D eigenvalue weighted by Crippen LogP contribution is -2.27. The highest BCUT2D eigenvalue weighted by atomic mass is 32.2. The highest BCUT2D eigenvalue weighted by molar-refractivity contribution is 7.99. The number of thioether (sulfide) groups is 1. The van der Waals surface area contributed by atoms with Crippen molar-refractivity contribution in [2.75, 3.05) is 11.1 Å². The molecule has 0 unspecified atom stereocenters. The molecule has 0 saturated heterocycles. The van der Waals surface area contributed by atoms with Crippen LogP contribution in [0.5, 0.6) is 0 Å². The van der Waals surface area contributed by atoms with Gasteiger partial charge in [-0.25, -0.2) is 19.6 Å². The number of anilines is 1. The molecule has 7 nitrogen and oxygen atoms in total. The van der Waals surface area contributed by atoms with Gasteiger partial charge < -0.3 is 9.84 Å². The van der Waals surface area contributed by atoms with E-state index in [-0.39, 0.29) is 11.5 Å². The first kappa shape index (κ1) is 16.2. The molecule has 0 spiro atoms. The first-order valence-electron chi connectivity index (χ1n) is 5.96. The molecule has 0 aromatic carbocycles. The third kappa shape index (κ3) is 5.43. The molecule has 1 aromatic rings. The van der Waals surface area contributed by atoms with Gasteiger partial charge in [0, 0.05) is 6.07 Å². The van der Waals surface area contributed by atoms with Crippen LogP contribution >= 0.6 is 11.8 Å². The zero-order valence-electron chi connectivity index (χ0n) is 11.8. The molecule has 8 heteroatoms. The predicted octanol–water partition coefficient (Wildman–Crippen LogP) is 2.63. The second-order valence-electron chi connectivity index (χ2n) is 4.79. The summed E-state index contributed by atoms with van der Waals surface area (Å²) in [6.07, 6.45) is -0.694. The average Bonchev–Trinajstić information content (AvgIpc) is 2.26. The molecule has 1 aromatic heterocycles. The lowest BCUT2D eigenvalue weighted by atomic mass is 10.2. The lowest BCUT2D eigenvalue weighted by Gasteiger charge is -2.19. The Morgan fingerprint density at radius 2 is 2.05 bits per heavy atom. The molecule has 1 rings (SSSR count). The minimum atomic E-state index is -1.18. The molecule has 0 aliphatic rings. The molecule has 1 amide bonds. The van der Waals surface area contributed by atoms with Crippen LogP contribution in [0, 0.1) is 0 Å². The normalized spacial score (nSPS) is 11.0. The fourth-order valence-corrected chi connectivity index (χ4v) is 1.78. The molecule has 0 fully saturated rings. The summed E-state index contributed by atoms with van der Waals surface area (Å²) in [5, 5.41) is 11.7. The van der Waals surface area contributed by atoms with E-state index in [2.05, 4.69) is 15.3 Å². The summed E-state index contributed by atoms with van der Waals surface area (Å²) < 4.78 is 5.08. The van der Waals surface area contributed by atoms with Crippen LogP contribution in [0.2, 0.25) is 0 Å². The van der Waals surface area contributed by atoms with Gasteiger partial charge in [0.05, 0.1) is 0 Å². The summed E-state index contributed by atoms with van der Waals surface area (Å²) in [6, 6.07) is 1.19. The molecule has 0 radical (unpaired) electrons. The van der Waals surface area contributed by atoms with E-state index in [1.807, 2.05) is 6.92 Å². The number of carbonyl (C=O) groups is 2. The Balaban J connectivity index is 2.93. The van der Waals surface area contributed by atoms with E-state index in [4.69, 9.17) is 9.84 Å². The lowest BCUT2D eigenvalue weighted by molar-refractivity contribution is 0.0631. The van der Waals surface area contributed by atoms with Crippen LogP contribution in [0.3, 0.4) is 0 Å². The number of hydrogen-bond donors (Lipinski definition) is 2. The van der Waals surface area contributed by atoms with E-state index in [9.17, 15) is 9.59 Å². The first-order valence-corrected chi connectivity index (χ1v) is 6.95. The van der Waals surface area contributed by atoms with Crippen molar-refractivity contribution in [2.24, 2.45) is 0 Å². The predicted molar refractivity (Wildman–Crippen MR) is 75.2 cm³/mol. The van der Waals surface area contributed by atoms with Gasteiger partial charge in [-0.2, -0.15) is 0 Å². The largest absolute Gasteiger partial charge is 0.477 e. The van der Waals surface area contributed by atoms with E-state index in [0.29, 0.717) is 10.9 Å². The highest BCUT2D eigenvalue weighted by Crippen LogP contribution is 2.17. The van der Waals surface area contributed by atoms with Crippen LogP contribution in [0.25, 0.3) is 0 Å². The summed E-state index contributed by atoms with van der Waals surface area (Å²) in [7, 11) is 0. The fraction of sp³-hybridized carbons (Fsp3) is 0.500. The number of carboxylic acid groups (broad SMARTS) is 1. The van der Waals surface area contributed by atoms with Gasteiger partial charge >= 0.3 is 12.1 Å². The zero-order valence-corrected chi connectivity index (χ0v) is 12.6. The second kappa shape index (κ2) is 6.56. The quantitative estimate of drug-likeness (QED) is 0.651. The van der Waals surface area contributed by atoms with Crippen LogP contribution in [-0.2, 0) is 4.74 Å². The molecule has 2 N–H and O–H groups in total. The third-order valence-corrected chi connectivity index (χ3v) is 2.56. The highest BCUT2D eigenvalue weighted by Gasteiger charge is 2.18. The monoisotopic (exact) mass is 299 g/mol. The number of amides is 1. The van der Waals surface area contributed by atoms with Gasteiger partial charge in [0.15, 0.2) is 10.9 Å². The summed E-state index contributed by atoms with van der Waals surface area (Å²) in [4.78, 5) is 30.5. The number of hydrogen-bond acceptors (Lipinski definition) is 6. The topological polar surface area (TPSA) is 101 Å². The molecule has 110 valence electrons. The molecule has 1 heterocycles. The zero-order chi connectivity index (χ0) is 15.3. The SMILES string of the molecule is CCSc1nc(NC(=O)OC(C)(C)C)cc(C(=O)O)n1. The minimum Gasteiger partial charge on any atom is -0.477 e. The van der Waals surface area contributed by atoms with E-state index in [0.717, 1.165) is 0 Å². The summed E-state index contributed by atoms with van der Waals surface area (Å²) in [5.41, 5.74) is -0.824. The third-order valence-electron chi connectivity index (χ3n) is 1.83. The van der Waals surface area contributed by atoms with Crippen molar-refractivity contribution in [3.8, 4) is 0 Å². The Morgan fingerprint density at radius 3 is 2.55 bits per heavy atom. The second-order valence-corrected chi connectivity index (χ2v) is 6.02. The van der Waals surface area contributed by atoms with Crippen molar-refractivity contribution in [3.63, 3.8) is 0 Å². The van der Waals surface area contributed by atoms with Crippen LogP contribution in [0.15, 0.2) is 11.2 Å². The standard InChI is InChI=1S/C12H17N3O4S/c1-5-20-10-13-7(9(16)17)6-8(14-10)15-11(18)19-12(2,3)4/h6H,5H2,1-4H3,(H,16,17)(H,13,14,15,18). The number of rotatable bonds is 4. The van der Waals surface area contributed by atoms with Gasteiger partial charge in [-0.1, -0.05) is 18.7 Å². The van der Waals surface area contributed by atoms with Crippen LogP contribution < -0.4 is 5.32 Å². The van der Waals surface area contributed by atoms with E-state index in [1.165, 1.54) is 17.8 Å². The molecule has 0 aliphatic heterocycles. The molecular weight excluding hydrogens is 282 g/mol. The number of ether oxygens (including phenoxy) is 1. The molecular formula is C12H17N3O4S. The fourth-order valence-electron chi connectivity index (χ4n) is 1.20. The van der Waals surface area contributed by atoms with Gasteiger partial charge in [0.1, 0.15) is 11.4 Å². The van der Waals surface area contributed by atoms with Gasteiger partial charge in [0.2, 0.25) is 0 Å². The summed E-state index contributed by atoms with van der Waals surface area (Å²) in [5.74, 6) is -0.394. The number of carbonyl (C=O) groups excluding carboxylic acids is 1. The molecule has 0 aliphatic carbocycles. The number of carboxylic acids is 1. The molecule has 20 heavy (non-hydrogen) atoms. The Bertz CT molecular complexity index is 514. The summed E-state index contributed by atoms with van der Waals surface area (Å²) in [6.45, 7) is 7.08. The summed E-state index contributed by atoms with van der Waals surface area (Å²) >= 11 is 1.28. The minimum absolute atomic E-state index is 0.0996. The number of aromatic nitrogens is 2. The van der Waals surface area contributed by atoms with Crippen LogP contribution in [0.4, 0.5) is 10.6 Å². The molecule has 0 saturated carbocycles. The van der Waals surface area contributed by atoms with Crippen molar-refractivity contribution in [2.45, 2.75) is 38.5 Å². The van der Waals surface area contributed by atoms with Crippen molar-refractivity contribution in [3.05, 3.63) is 11.8 Å². The van der Waals surface area contributed by atoms with Gasteiger partial charge in [-0.15, -0.1) is 0 Å². The number of nitrogens with zero attached hydrogens (tertiary/aromatic N) is 2. The van der Waals surface area contributed by atoms with Gasteiger partial charge in [-0.05, 0) is 26.5 Å². The van der Waals surface area contributed by atoms with Crippen molar-refractivity contribution >= 4 is 29.6 Å². The Morgan fingerprint density at radius 1 is 1.40 bits per heavy atom. The van der Waals surface area contributed by atoms with Crippen molar-refractivity contribution in [1.29, 1.82) is 0 Å². The van der Waals surface area contributed by atoms with Gasteiger partial charge in [-0.3, -0.25) is 5.32 Å². The number of aromatic carboxylic acids is 1. The van der Waals surface area contributed by atoms with E-state index >= 15 is 0 Å². The maximum Gasteiger partial charge on any atom is 0.413 e. The van der Waals surface area contributed by atoms with Crippen molar-refractivity contribution in [1.82, 2.24) is 9.97 Å². The molecule has 0 atom stereocenters. The average molecular weight is 299 g/mol. The Hall–Kier alpha value is -1.83. The van der Waals surface area contributed by atoms with Gasteiger partial charge in [0.25, 0.3) is 0 Å². The Labute approximate surface area is 121 Å². The molecule has 0 bridgehead atoms. The van der Waals surface area contributed by atoms with Crippen LogP contribution in [0.1, 0.15) is 38.2 Å². The van der Waals surface area contributed by atoms with Crippen molar-refractivity contribution < 1.29 is 19.4 Å². The van der Waals surface area contributed by atoms with E-state index < -0.39 is 17.7 Å². The van der Waals surface area contributed by atoms with E-state index in [1.54, 1.807) is 20.8 Å². The maximum atomic E-state index is 11.6.